The number of anilines is 1. The first-order chi connectivity index (χ1) is 15.8. The van der Waals surface area contributed by atoms with Crippen molar-refractivity contribution in [2.24, 2.45) is 0 Å². The van der Waals surface area contributed by atoms with Gasteiger partial charge in [-0.2, -0.15) is 0 Å². The summed E-state index contributed by atoms with van der Waals surface area (Å²) in [7, 11) is 1.60. The molecule has 7 heteroatoms. The Balaban J connectivity index is 1.67. The van der Waals surface area contributed by atoms with E-state index in [1.165, 1.54) is 4.90 Å². The van der Waals surface area contributed by atoms with Gasteiger partial charge in [0, 0.05) is 6.42 Å². The highest BCUT2D eigenvalue weighted by Gasteiger charge is 2.53. The van der Waals surface area contributed by atoms with Crippen LogP contribution in [0.2, 0.25) is 5.02 Å². The van der Waals surface area contributed by atoms with Gasteiger partial charge in [0.2, 0.25) is 11.8 Å². The number of β-amino-alcohol motifs (C(OH)–C–C–N with tert-alkyl or cyclic N) is 1. The van der Waals surface area contributed by atoms with Crippen molar-refractivity contribution in [3.8, 4) is 18.1 Å². The van der Waals surface area contributed by atoms with Crippen LogP contribution in [0.1, 0.15) is 37.7 Å². The van der Waals surface area contributed by atoms with Gasteiger partial charge in [0.25, 0.3) is 0 Å². The third-order valence-electron chi connectivity index (χ3n) is 6.81. The molecule has 1 unspecified atom stereocenters. The lowest BCUT2D eigenvalue weighted by molar-refractivity contribution is -0.142. The predicted molar refractivity (Wildman–Crippen MR) is 127 cm³/mol. The molecule has 1 saturated heterocycles. The third kappa shape index (κ3) is 4.31. The number of terminal acetylenes is 1. The Morgan fingerprint density at radius 3 is 2.45 bits per heavy atom. The lowest BCUT2D eigenvalue weighted by Crippen LogP contribution is -2.51. The summed E-state index contributed by atoms with van der Waals surface area (Å²) in [6.07, 6.45) is 8.70. The maximum Gasteiger partial charge on any atom is 0.247 e. The standard InChI is InChI=1S/C26H27ClN2O4/c1-3-25(32)16-22(23(30)28-21-9-5-4-8-20(21)27)29(17-25)24(31)26(14-6-7-15-26)18-10-12-19(33-2)13-11-18/h1,4-5,8-13,22,32H,6-7,14-17H2,2H3,(H,28,30)/t22-,25?/m1/s1. The van der Waals surface area contributed by atoms with Crippen LogP contribution in [0, 0.1) is 12.3 Å². The van der Waals surface area contributed by atoms with Crippen LogP contribution in [-0.2, 0) is 15.0 Å². The number of amides is 2. The predicted octanol–water partition coefficient (Wildman–Crippen LogP) is 3.76. The average molecular weight is 467 g/mol. The molecule has 0 bridgehead atoms. The summed E-state index contributed by atoms with van der Waals surface area (Å²) >= 11 is 6.20. The second-order valence-corrected chi connectivity index (χ2v) is 9.22. The van der Waals surface area contributed by atoms with Gasteiger partial charge < -0.3 is 20.1 Å². The van der Waals surface area contributed by atoms with Gasteiger partial charge in [-0.3, -0.25) is 9.59 Å². The van der Waals surface area contributed by atoms with Crippen molar-refractivity contribution in [3.05, 3.63) is 59.1 Å². The minimum Gasteiger partial charge on any atom is -0.497 e. The fourth-order valence-electron chi connectivity index (χ4n) is 5.01. The third-order valence-corrected chi connectivity index (χ3v) is 7.14. The van der Waals surface area contributed by atoms with E-state index in [-0.39, 0.29) is 18.9 Å². The first-order valence-corrected chi connectivity index (χ1v) is 11.4. The molecular weight excluding hydrogens is 440 g/mol. The van der Waals surface area contributed by atoms with Gasteiger partial charge in [-0.1, -0.05) is 54.6 Å². The molecule has 2 aliphatic rings. The Hall–Kier alpha value is -3.01. The van der Waals surface area contributed by atoms with Crippen molar-refractivity contribution in [2.45, 2.75) is 49.2 Å². The van der Waals surface area contributed by atoms with E-state index in [1.54, 1.807) is 31.4 Å². The van der Waals surface area contributed by atoms with E-state index < -0.39 is 23.0 Å². The van der Waals surface area contributed by atoms with E-state index in [0.717, 1.165) is 18.4 Å². The van der Waals surface area contributed by atoms with Crippen LogP contribution in [0.3, 0.4) is 0 Å². The van der Waals surface area contributed by atoms with Gasteiger partial charge in [-0.25, -0.2) is 0 Å². The molecule has 33 heavy (non-hydrogen) atoms. The van der Waals surface area contributed by atoms with E-state index in [2.05, 4.69) is 11.2 Å². The number of halogens is 1. The van der Waals surface area contributed by atoms with E-state index >= 15 is 0 Å². The highest BCUT2D eigenvalue weighted by molar-refractivity contribution is 6.33. The smallest absolute Gasteiger partial charge is 0.247 e. The molecular formula is C26H27ClN2O4. The summed E-state index contributed by atoms with van der Waals surface area (Å²) in [5.41, 5.74) is -1.02. The largest absolute Gasteiger partial charge is 0.497 e. The van der Waals surface area contributed by atoms with Gasteiger partial charge in [0.05, 0.1) is 29.8 Å². The van der Waals surface area contributed by atoms with Gasteiger partial charge in [0.1, 0.15) is 17.4 Å². The molecule has 2 atom stereocenters. The van der Waals surface area contributed by atoms with Gasteiger partial charge in [-0.15, -0.1) is 6.42 Å². The van der Waals surface area contributed by atoms with Crippen molar-refractivity contribution in [3.63, 3.8) is 0 Å². The molecule has 172 valence electrons. The number of carbonyl (C=O) groups excluding carboxylic acids is 2. The molecule has 2 N–H and O–H groups in total. The van der Waals surface area contributed by atoms with Gasteiger partial charge >= 0.3 is 0 Å². The highest BCUT2D eigenvalue weighted by atomic mass is 35.5. The van der Waals surface area contributed by atoms with Crippen LogP contribution in [0.25, 0.3) is 0 Å². The number of para-hydroxylation sites is 1. The minimum atomic E-state index is -1.57. The van der Waals surface area contributed by atoms with Gasteiger partial charge in [-0.05, 0) is 42.7 Å². The molecule has 6 nitrogen and oxygen atoms in total. The molecule has 2 aromatic carbocycles. The van der Waals surface area contributed by atoms with Crippen LogP contribution in [0.5, 0.6) is 5.75 Å². The van der Waals surface area contributed by atoms with Crippen molar-refractivity contribution in [1.29, 1.82) is 0 Å². The molecule has 0 spiro atoms. The van der Waals surface area contributed by atoms with Gasteiger partial charge in [0.15, 0.2) is 0 Å². The second kappa shape index (κ2) is 9.09. The Morgan fingerprint density at radius 2 is 1.85 bits per heavy atom. The zero-order valence-electron chi connectivity index (χ0n) is 18.5. The Labute approximate surface area is 198 Å². The summed E-state index contributed by atoms with van der Waals surface area (Å²) in [6.45, 7) is -0.0964. The summed E-state index contributed by atoms with van der Waals surface area (Å²) in [6, 6.07) is 13.5. The fourth-order valence-corrected chi connectivity index (χ4v) is 5.19. The number of ether oxygens (including phenoxy) is 1. The highest BCUT2D eigenvalue weighted by Crippen LogP contribution is 2.45. The summed E-state index contributed by atoms with van der Waals surface area (Å²) in [4.78, 5) is 28.8. The molecule has 1 aliphatic heterocycles. The van der Waals surface area contributed by atoms with E-state index in [9.17, 15) is 14.7 Å². The molecule has 0 radical (unpaired) electrons. The zero-order valence-corrected chi connectivity index (χ0v) is 19.3. The molecule has 1 aliphatic carbocycles. The van der Waals surface area contributed by atoms with Crippen molar-refractivity contribution in [1.82, 2.24) is 4.90 Å². The first-order valence-electron chi connectivity index (χ1n) is 11.0. The van der Waals surface area contributed by atoms with Crippen LogP contribution in [-0.4, -0.2) is 47.1 Å². The topological polar surface area (TPSA) is 78.9 Å². The number of nitrogens with one attached hydrogen (secondary N) is 1. The molecule has 0 aromatic heterocycles. The summed E-state index contributed by atoms with van der Waals surface area (Å²) < 4.78 is 5.27. The molecule has 1 heterocycles. The maximum absolute atomic E-state index is 14.1. The number of nitrogens with zero attached hydrogens (tertiary/aromatic N) is 1. The molecule has 2 fully saturated rings. The molecule has 2 amide bonds. The number of methoxy groups -OCH3 is 1. The molecule has 1 saturated carbocycles. The van der Waals surface area contributed by atoms with Crippen molar-refractivity contribution < 1.29 is 19.4 Å². The lowest BCUT2D eigenvalue weighted by atomic mass is 9.77. The number of hydrogen-bond acceptors (Lipinski definition) is 4. The fraction of sp³-hybridized carbons (Fsp3) is 0.385. The van der Waals surface area contributed by atoms with Crippen LogP contribution < -0.4 is 10.1 Å². The second-order valence-electron chi connectivity index (χ2n) is 8.82. The minimum absolute atomic E-state index is 0.0375. The number of aliphatic hydroxyl groups is 1. The average Bonchev–Trinajstić information content (AvgIpc) is 3.47. The van der Waals surface area contributed by atoms with E-state index in [4.69, 9.17) is 22.8 Å². The number of rotatable bonds is 5. The molecule has 2 aromatic rings. The van der Waals surface area contributed by atoms with E-state index in [1.807, 2.05) is 24.3 Å². The SMILES string of the molecule is C#CC1(O)C[C@H](C(=O)Nc2ccccc2Cl)N(C(=O)C2(c3ccc(OC)cc3)CCCC2)C1. The first kappa shape index (κ1) is 23.2. The Bertz CT molecular complexity index is 1090. The Morgan fingerprint density at radius 1 is 1.18 bits per heavy atom. The summed E-state index contributed by atoms with van der Waals surface area (Å²) in [5.74, 6) is 2.48. The lowest BCUT2D eigenvalue weighted by Gasteiger charge is -2.35. The quantitative estimate of drug-likeness (QED) is 0.657. The Kier molecular flexibility index (Phi) is 6.38. The van der Waals surface area contributed by atoms with Crippen LogP contribution >= 0.6 is 11.6 Å². The van der Waals surface area contributed by atoms with Crippen LogP contribution in [0.15, 0.2) is 48.5 Å². The van der Waals surface area contributed by atoms with Crippen molar-refractivity contribution >= 4 is 29.1 Å². The number of hydrogen-bond donors (Lipinski definition) is 2. The maximum atomic E-state index is 14.1. The van der Waals surface area contributed by atoms with Crippen LogP contribution in [0.4, 0.5) is 5.69 Å². The van der Waals surface area contributed by atoms with Crippen molar-refractivity contribution in [2.75, 3.05) is 19.0 Å². The van der Waals surface area contributed by atoms with E-state index in [0.29, 0.717) is 29.3 Å². The number of benzene rings is 2. The zero-order chi connectivity index (χ0) is 23.6. The number of carbonyl (C=O) groups is 2. The monoisotopic (exact) mass is 466 g/mol. The number of likely N-dealkylation sites (tertiary alicyclic amines) is 1. The summed E-state index contributed by atoms with van der Waals surface area (Å²) in [5, 5.41) is 14.1. The normalized spacial score (nSPS) is 23.7. The molecule has 4 rings (SSSR count).